The quantitative estimate of drug-likeness (QED) is 0.771. The lowest BCUT2D eigenvalue weighted by molar-refractivity contribution is -0.137. The molecule has 0 fully saturated rings. The number of hydrogen-bond acceptors (Lipinski definition) is 4. The summed E-state index contributed by atoms with van der Waals surface area (Å²) in [6, 6.07) is 0. The zero-order valence-corrected chi connectivity index (χ0v) is 8.08. The van der Waals surface area contributed by atoms with Gasteiger partial charge in [0.2, 0.25) is 0 Å². The summed E-state index contributed by atoms with van der Waals surface area (Å²) in [5.41, 5.74) is 0.0281. The summed E-state index contributed by atoms with van der Waals surface area (Å²) in [6.45, 7) is 0. The molecule has 0 bridgehead atoms. The summed E-state index contributed by atoms with van der Waals surface area (Å²) < 4.78 is 0. The van der Waals surface area contributed by atoms with Gasteiger partial charge in [0.05, 0.1) is 5.01 Å². The van der Waals surface area contributed by atoms with Gasteiger partial charge in [-0.05, 0) is 12.8 Å². The summed E-state index contributed by atoms with van der Waals surface area (Å²) in [7, 11) is 0. The van der Waals surface area contributed by atoms with Crippen LogP contribution in [-0.4, -0.2) is 27.1 Å². The summed E-state index contributed by atoms with van der Waals surface area (Å²) in [5, 5.41) is 19.1. The smallest absolute Gasteiger partial charge is 0.355 e. The van der Waals surface area contributed by atoms with Gasteiger partial charge in [-0.25, -0.2) is 9.78 Å². The van der Waals surface area contributed by atoms with Crippen LogP contribution in [0.1, 0.15) is 28.3 Å². The molecule has 2 N–H and O–H groups in total. The number of aromatic carboxylic acids is 1. The van der Waals surface area contributed by atoms with Crippen LogP contribution >= 0.6 is 11.3 Å². The number of aliphatic carboxylic acids is 1. The molecule has 0 amide bonds. The van der Waals surface area contributed by atoms with Gasteiger partial charge in [0.1, 0.15) is 0 Å². The first-order valence-electron chi connectivity index (χ1n) is 3.99. The molecule has 0 aliphatic rings. The van der Waals surface area contributed by atoms with E-state index in [0.717, 1.165) is 0 Å². The van der Waals surface area contributed by atoms with Crippen molar-refractivity contribution in [2.75, 3.05) is 0 Å². The first kappa shape index (κ1) is 10.6. The molecule has 0 atom stereocenters. The molecule has 6 heteroatoms. The third-order valence-corrected chi connectivity index (χ3v) is 2.46. The van der Waals surface area contributed by atoms with E-state index in [1.54, 1.807) is 0 Å². The molecule has 0 saturated carbocycles. The minimum absolute atomic E-state index is 0.0281. The minimum atomic E-state index is -1.05. The number of carbonyl (C=O) groups is 2. The van der Waals surface area contributed by atoms with Crippen LogP contribution in [0.25, 0.3) is 0 Å². The van der Waals surface area contributed by atoms with Crippen LogP contribution in [0.5, 0.6) is 0 Å². The predicted octanol–water partition coefficient (Wildman–Crippen LogP) is 1.25. The van der Waals surface area contributed by atoms with E-state index >= 15 is 0 Å². The van der Waals surface area contributed by atoms with Gasteiger partial charge in [0.25, 0.3) is 0 Å². The summed E-state index contributed by atoms with van der Waals surface area (Å²) in [6.07, 6.45) is 1.09. The normalized spacial score (nSPS) is 10.0. The molecule has 0 spiro atoms. The van der Waals surface area contributed by atoms with E-state index in [-0.39, 0.29) is 12.1 Å². The van der Waals surface area contributed by atoms with Crippen molar-refractivity contribution in [3.63, 3.8) is 0 Å². The van der Waals surface area contributed by atoms with Crippen LogP contribution in [0.2, 0.25) is 0 Å². The Morgan fingerprint density at radius 3 is 2.64 bits per heavy atom. The third kappa shape index (κ3) is 3.14. The van der Waals surface area contributed by atoms with Crippen molar-refractivity contribution in [2.45, 2.75) is 19.3 Å². The standard InChI is InChI=1S/C8H9NO4S/c10-7(11)3-1-2-6-9-5(4-14-6)8(12)13/h4H,1-3H2,(H,10,11)(H,12,13). The first-order valence-corrected chi connectivity index (χ1v) is 4.87. The highest BCUT2D eigenvalue weighted by Gasteiger charge is 2.08. The van der Waals surface area contributed by atoms with E-state index in [9.17, 15) is 9.59 Å². The van der Waals surface area contributed by atoms with Gasteiger partial charge in [0, 0.05) is 11.8 Å². The zero-order chi connectivity index (χ0) is 10.6. The number of thiazole rings is 1. The first-order chi connectivity index (χ1) is 6.59. The lowest BCUT2D eigenvalue weighted by Gasteiger charge is -1.92. The maximum Gasteiger partial charge on any atom is 0.355 e. The molecule has 1 aromatic heterocycles. The molecule has 0 radical (unpaired) electrons. The van der Waals surface area contributed by atoms with Gasteiger partial charge in [-0.1, -0.05) is 0 Å². The Labute approximate surface area is 84.0 Å². The summed E-state index contributed by atoms with van der Waals surface area (Å²) in [4.78, 5) is 24.5. The number of aromatic nitrogens is 1. The van der Waals surface area contributed by atoms with Gasteiger partial charge < -0.3 is 10.2 Å². The van der Waals surface area contributed by atoms with Crippen molar-refractivity contribution >= 4 is 23.3 Å². The maximum absolute atomic E-state index is 10.4. The van der Waals surface area contributed by atoms with Crippen molar-refractivity contribution in [3.8, 4) is 0 Å². The second-order valence-electron chi connectivity index (χ2n) is 2.68. The van der Waals surface area contributed by atoms with Crippen molar-refractivity contribution in [2.24, 2.45) is 0 Å². The molecular formula is C8H9NO4S. The Bertz CT molecular complexity index is 347. The third-order valence-electron chi connectivity index (χ3n) is 1.55. The predicted molar refractivity (Wildman–Crippen MR) is 49.6 cm³/mol. The van der Waals surface area contributed by atoms with E-state index in [4.69, 9.17) is 10.2 Å². The lowest BCUT2D eigenvalue weighted by atomic mass is 10.2. The van der Waals surface area contributed by atoms with Crippen molar-refractivity contribution in [3.05, 3.63) is 16.1 Å². The fourth-order valence-corrected chi connectivity index (χ4v) is 1.73. The topological polar surface area (TPSA) is 87.5 Å². The average Bonchev–Trinajstić information content (AvgIpc) is 2.52. The average molecular weight is 215 g/mol. The minimum Gasteiger partial charge on any atom is -0.481 e. The highest BCUT2D eigenvalue weighted by atomic mass is 32.1. The molecule has 0 aliphatic heterocycles. The van der Waals surface area contributed by atoms with Gasteiger partial charge in [-0.3, -0.25) is 4.79 Å². The Morgan fingerprint density at radius 1 is 1.43 bits per heavy atom. The van der Waals surface area contributed by atoms with Crippen molar-refractivity contribution in [1.29, 1.82) is 0 Å². The SMILES string of the molecule is O=C(O)CCCc1nc(C(=O)O)cs1. The van der Waals surface area contributed by atoms with E-state index in [1.165, 1.54) is 16.7 Å². The Balaban J connectivity index is 2.44. The number of aryl methyl sites for hydroxylation is 1. The van der Waals surface area contributed by atoms with E-state index in [0.29, 0.717) is 17.8 Å². The van der Waals surface area contributed by atoms with Crippen molar-refractivity contribution in [1.82, 2.24) is 4.98 Å². The fraction of sp³-hybridized carbons (Fsp3) is 0.375. The maximum atomic E-state index is 10.4. The summed E-state index contributed by atoms with van der Waals surface area (Å²) >= 11 is 1.24. The van der Waals surface area contributed by atoms with Crippen molar-refractivity contribution < 1.29 is 19.8 Å². The molecule has 1 heterocycles. The Morgan fingerprint density at radius 2 is 2.14 bits per heavy atom. The highest BCUT2D eigenvalue weighted by Crippen LogP contribution is 2.12. The van der Waals surface area contributed by atoms with Gasteiger partial charge >= 0.3 is 11.9 Å². The van der Waals surface area contributed by atoms with Crippen LogP contribution in [-0.2, 0) is 11.2 Å². The van der Waals surface area contributed by atoms with E-state index in [2.05, 4.69) is 4.98 Å². The Hall–Kier alpha value is -1.43. The number of hydrogen-bond donors (Lipinski definition) is 2. The van der Waals surface area contributed by atoms with Gasteiger partial charge in [-0.2, -0.15) is 0 Å². The number of rotatable bonds is 5. The number of nitrogens with zero attached hydrogens (tertiary/aromatic N) is 1. The fourth-order valence-electron chi connectivity index (χ4n) is 0.915. The van der Waals surface area contributed by atoms with Crippen LogP contribution in [0.4, 0.5) is 0 Å². The van der Waals surface area contributed by atoms with Crippen LogP contribution in [0, 0.1) is 0 Å². The van der Waals surface area contributed by atoms with Gasteiger partial charge in [0.15, 0.2) is 5.69 Å². The molecular weight excluding hydrogens is 206 g/mol. The van der Waals surface area contributed by atoms with Crippen LogP contribution in [0.15, 0.2) is 5.38 Å². The summed E-state index contributed by atoms with van der Waals surface area (Å²) in [5.74, 6) is -1.90. The molecule has 0 unspecified atom stereocenters. The van der Waals surface area contributed by atoms with Crippen LogP contribution < -0.4 is 0 Å². The molecule has 76 valence electrons. The zero-order valence-electron chi connectivity index (χ0n) is 7.27. The van der Waals surface area contributed by atoms with Gasteiger partial charge in [-0.15, -0.1) is 11.3 Å². The highest BCUT2D eigenvalue weighted by molar-refractivity contribution is 7.09. The van der Waals surface area contributed by atoms with E-state index in [1.807, 2.05) is 0 Å². The lowest BCUT2D eigenvalue weighted by Crippen LogP contribution is -1.98. The molecule has 0 aromatic carbocycles. The largest absolute Gasteiger partial charge is 0.481 e. The number of carboxylic acids is 2. The molecule has 5 nitrogen and oxygen atoms in total. The molecule has 1 aromatic rings. The second-order valence-corrected chi connectivity index (χ2v) is 3.62. The second kappa shape index (κ2) is 4.71. The molecule has 14 heavy (non-hydrogen) atoms. The molecule has 0 saturated heterocycles. The van der Waals surface area contributed by atoms with E-state index < -0.39 is 11.9 Å². The molecule has 1 rings (SSSR count). The number of carboxylic acid groups (broad SMARTS) is 2. The monoisotopic (exact) mass is 215 g/mol. The van der Waals surface area contributed by atoms with Crippen LogP contribution in [0.3, 0.4) is 0 Å². The Kier molecular flexibility index (Phi) is 3.58. The molecule has 0 aliphatic carbocycles.